The molecule has 0 aliphatic rings. The summed E-state index contributed by atoms with van der Waals surface area (Å²) in [5, 5.41) is 2.95. The van der Waals surface area contributed by atoms with Crippen molar-refractivity contribution in [3.8, 4) is 0 Å². The maximum absolute atomic E-state index is 12.2. The van der Waals surface area contributed by atoms with E-state index >= 15 is 0 Å². The smallest absolute Gasteiger partial charge is 0.230 e. The van der Waals surface area contributed by atoms with Crippen molar-refractivity contribution < 1.29 is 4.79 Å². The largest absolute Gasteiger partial charge is 0.355 e. The molecule has 1 atom stereocenters. The van der Waals surface area contributed by atoms with Crippen LogP contribution in [0.2, 0.25) is 0 Å². The standard InChI is InChI=1S/C15H24N2O.ClH/c1-11-5-7-13(8-6-11)15(3,4)14(18)17-10-9-12(2)16;/h5-8,12H,9-10,16H2,1-4H3,(H,17,18);1H. The third-order valence-electron chi connectivity index (χ3n) is 3.23. The van der Waals surface area contributed by atoms with Gasteiger partial charge >= 0.3 is 0 Å². The molecule has 108 valence electrons. The molecule has 19 heavy (non-hydrogen) atoms. The van der Waals surface area contributed by atoms with E-state index in [0.29, 0.717) is 6.54 Å². The molecule has 0 bridgehead atoms. The summed E-state index contributed by atoms with van der Waals surface area (Å²) in [4.78, 5) is 12.2. The number of nitrogens with two attached hydrogens (primary N) is 1. The number of hydrogen-bond donors (Lipinski definition) is 2. The van der Waals surface area contributed by atoms with Crippen LogP contribution in [0.15, 0.2) is 24.3 Å². The lowest BCUT2D eigenvalue weighted by atomic mass is 9.83. The molecule has 4 heteroatoms. The van der Waals surface area contributed by atoms with Gasteiger partial charge in [-0.3, -0.25) is 4.79 Å². The van der Waals surface area contributed by atoms with Gasteiger partial charge < -0.3 is 11.1 Å². The summed E-state index contributed by atoms with van der Waals surface area (Å²) in [5.74, 6) is 0.0482. The second kappa shape index (κ2) is 7.51. The van der Waals surface area contributed by atoms with Crippen LogP contribution >= 0.6 is 12.4 Å². The fourth-order valence-electron chi connectivity index (χ4n) is 1.74. The Morgan fingerprint density at radius 3 is 2.32 bits per heavy atom. The second-order valence-electron chi connectivity index (χ2n) is 5.51. The molecule has 0 radical (unpaired) electrons. The zero-order chi connectivity index (χ0) is 13.8. The quantitative estimate of drug-likeness (QED) is 0.873. The van der Waals surface area contributed by atoms with Crippen LogP contribution in [-0.2, 0) is 10.2 Å². The molecule has 3 nitrogen and oxygen atoms in total. The van der Waals surface area contributed by atoms with E-state index in [1.54, 1.807) is 0 Å². The van der Waals surface area contributed by atoms with Gasteiger partial charge in [0, 0.05) is 12.6 Å². The maximum Gasteiger partial charge on any atom is 0.230 e. The van der Waals surface area contributed by atoms with Gasteiger partial charge in [0.1, 0.15) is 0 Å². The Balaban J connectivity index is 0.00000324. The van der Waals surface area contributed by atoms with Gasteiger partial charge in [-0.25, -0.2) is 0 Å². The van der Waals surface area contributed by atoms with Crippen molar-refractivity contribution in [3.63, 3.8) is 0 Å². The van der Waals surface area contributed by atoms with Crippen molar-refractivity contribution >= 4 is 18.3 Å². The van der Waals surface area contributed by atoms with Crippen LogP contribution in [0.5, 0.6) is 0 Å². The van der Waals surface area contributed by atoms with Gasteiger partial charge in [-0.05, 0) is 39.7 Å². The first kappa shape index (κ1) is 17.9. The first-order chi connectivity index (χ1) is 8.34. The highest BCUT2D eigenvalue weighted by molar-refractivity contribution is 5.87. The van der Waals surface area contributed by atoms with Crippen molar-refractivity contribution in [1.82, 2.24) is 5.32 Å². The Morgan fingerprint density at radius 2 is 1.84 bits per heavy atom. The van der Waals surface area contributed by atoms with Crippen LogP contribution in [0.4, 0.5) is 0 Å². The van der Waals surface area contributed by atoms with Crippen molar-refractivity contribution in [2.75, 3.05) is 6.54 Å². The number of carbonyl (C=O) groups is 1. The van der Waals surface area contributed by atoms with Crippen LogP contribution in [-0.4, -0.2) is 18.5 Å². The number of amides is 1. The number of halogens is 1. The normalized spacial score (nSPS) is 12.5. The second-order valence-corrected chi connectivity index (χ2v) is 5.51. The SMILES string of the molecule is Cc1ccc(C(C)(C)C(=O)NCCC(C)N)cc1.Cl. The average molecular weight is 285 g/mol. The van der Waals surface area contributed by atoms with Gasteiger partial charge in [0.15, 0.2) is 0 Å². The molecule has 0 fully saturated rings. The lowest BCUT2D eigenvalue weighted by molar-refractivity contribution is -0.125. The Kier molecular flexibility index (Phi) is 7.09. The van der Waals surface area contributed by atoms with E-state index in [4.69, 9.17) is 5.73 Å². The lowest BCUT2D eigenvalue weighted by Gasteiger charge is -2.24. The molecule has 0 spiro atoms. The molecule has 1 unspecified atom stereocenters. The topological polar surface area (TPSA) is 55.1 Å². The molecule has 1 amide bonds. The number of hydrogen-bond acceptors (Lipinski definition) is 2. The summed E-state index contributed by atoms with van der Waals surface area (Å²) >= 11 is 0. The van der Waals surface area contributed by atoms with Crippen molar-refractivity contribution in [2.24, 2.45) is 5.73 Å². The number of carbonyl (C=O) groups excluding carboxylic acids is 1. The third-order valence-corrected chi connectivity index (χ3v) is 3.23. The molecule has 0 aromatic heterocycles. The fraction of sp³-hybridized carbons (Fsp3) is 0.533. The van der Waals surface area contributed by atoms with Gasteiger partial charge in [0.05, 0.1) is 5.41 Å². The van der Waals surface area contributed by atoms with Gasteiger partial charge in [0.25, 0.3) is 0 Å². The summed E-state index contributed by atoms with van der Waals surface area (Å²) in [7, 11) is 0. The number of benzene rings is 1. The average Bonchev–Trinajstić information content (AvgIpc) is 2.28. The van der Waals surface area contributed by atoms with E-state index < -0.39 is 5.41 Å². The Hall–Kier alpha value is -1.06. The van der Waals surface area contributed by atoms with Gasteiger partial charge in [-0.15, -0.1) is 12.4 Å². The molecule has 3 N–H and O–H groups in total. The van der Waals surface area contributed by atoms with E-state index in [0.717, 1.165) is 12.0 Å². The summed E-state index contributed by atoms with van der Waals surface area (Å²) in [6.07, 6.45) is 0.801. The number of rotatable bonds is 5. The maximum atomic E-state index is 12.2. The van der Waals surface area contributed by atoms with E-state index in [-0.39, 0.29) is 24.4 Å². The molecule has 0 aliphatic carbocycles. The van der Waals surface area contributed by atoms with Crippen molar-refractivity contribution in [1.29, 1.82) is 0 Å². The summed E-state index contributed by atoms with van der Waals surface area (Å²) in [6.45, 7) is 8.50. The number of nitrogens with one attached hydrogen (secondary N) is 1. The molecule has 1 aromatic rings. The van der Waals surface area contributed by atoms with Crippen LogP contribution < -0.4 is 11.1 Å². The minimum absolute atomic E-state index is 0. The minimum Gasteiger partial charge on any atom is -0.355 e. The van der Waals surface area contributed by atoms with Crippen LogP contribution in [0.25, 0.3) is 0 Å². The first-order valence-corrected chi connectivity index (χ1v) is 6.45. The van der Waals surface area contributed by atoms with E-state index in [1.165, 1.54) is 5.56 Å². The van der Waals surface area contributed by atoms with Gasteiger partial charge in [-0.2, -0.15) is 0 Å². The molecular weight excluding hydrogens is 260 g/mol. The molecular formula is C15H25ClN2O. The van der Waals surface area contributed by atoms with E-state index in [1.807, 2.05) is 52.0 Å². The zero-order valence-corrected chi connectivity index (χ0v) is 13.0. The summed E-state index contributed by atoms with van der Waals surface area (Å²) in [5.41, 5.74) is 7.39. The Bertz CT molecular complexity index is 399. The third kappa shape index (κ3) is 5.21. The highest BCUT2D eigenvalue weighted by atomic mass is 35.5. The molecule has 0 aliphatic heterocycles. The minimum atomic E-state index is -0.508. The summed E-state index contributed by atoms with van der Waals surface area (Å²) in [6, 6.07) is 8.22. The highest BCUT2D eigenvalue weighted by Crippen LogP contribution is 2.23. The molecule has 0 heterocycles. The molecule has 0 saturated carbocycles. The molecule has 1 rings (SSSR count). The monoisotopic (exact) mass is 284 g/mol. The van der Waals surface area contributed by atoms with Gasteiger partial charge in [0.2, 0.25) is 5.91 Å². The van der Waals surface area contributed by atoms with E-state index in [9.17, 15) is 4.79 Å². The van der Waals surface area contributed by atoms with E-state index in [2.05, 4.69) is 5.32 Å². The predicted molar refractivity (Wildman–Crippen MR) is 82.7 cm³/mol. The Morgan fingerprint density at radius 1 is 1.32 bits per heavy atom. The molecule has 0 saturated heterocycles. The number of aryl methyl sites for hydroxylation is 1. The van der Waals surface area contributed by atoms with Crippen LogP contribution in [0.1, 0.15) is 38.3 Å². The molecule has 1 aromatic carbocycles. The van der Waals surface area contributed by atoms with Crippen LogP contribution in [0, 0.1) is 6.92 Å². The lowest BCUT2D eigenvalue weighted by Crippen LogP contribution is -2.41. The van der Waals surface area contributed by atoms with Crippen molar-refractivity contribution in [2.45, 2.75) is 45.6 Å². The zero-order valence-electron chi connectivity index (χ0n) is 12.2. The van der Waals surface area contributed by atoms with Gasteiger partial charge in [-0.1, -0.05) is 29.8 Å². The predicted octanol–water partition coefficient (Wildman–Crippen LogP) is 2.55. The van der Waals surface area contributed by atoms with Crippen molar-refractivity contribution in [3.05, 3.63) is 35.4 Å². The highest BCUT2D eigenvalue weighted by Gasteiger charge is 2.29. The fourth-order valence-corrected chi connectivity index (χ4v) is 1.74. The Labute approximate surface area is 122 Å². The first-order valence-electron chi connectivity index (χ1n) is 6.45. The summed E-state index contributed by atoms with van der Waals surface area (Å²) < 4.78 is 0. The van der Waals surface area contributed by atoms with Crippen LogP contribution in [0.3, 0.4) is 0 Å².